The van der Waals surface area contributed by atoms with Gasteiger partial charge in [-0.25, -0.2) is 0 Å². The minimum Gasteiger partial charge on any atom is -0.493 e. The van der Waals surface area contributed by atoms with Gasteiger partial charge in [-0.15, -0.1) is 0 Å². The van der Waals surface area contributed by atoms with Gasteiger partial charge in [-0.05, 0) is 70.1 Å². The molecular formula is C32H33NO4. The zero-order valence-electron chi connectivity index (χ0n) is 21.9. The minimum atomic E-state index is -0.278. The third kappa shape index (κ3) is 4.86. The van der Waals surface area contributed by atoms with Gasteiger partial charge in [0.25, 0.3) is 5.91 Å². The number of hydrogen-bond donors (Lipinski definition) is 0. The number of fused-ring (bicyclic) bond motifs is 2. The molecule has 0 bridgehead atoms. The maximum atomic E-state index is 14.1. The zero-order valence-corrected chi connectivity index (χ0v) is 21.9. The van der Waals surface area contributed by atoms with Crippen molar-refractivity contribution in [2.24, 2.45) is 0 Å². The lowest BCUT2D eigenvalue weighted by molar-refractivity contribution is 0.0591. The molecule has 1 unspecified atom stereocenters. The molecule has 4 aromatic rings. The number of amides is 1. The van der Waals surface area contributed by atoms with Crippen LogP contribution in [-0.4, -0.2) is 38.2 Å². The van der Waals surface area contributed by atoms with Crippen LogP contribution in [0.25, 0.3) is 10.8 Å². The third-order valence-corrected chi connectivity index (χ3v) is 7.24. The molecule has 0 saturated heterocycles. The number of rotatable bonds is 7. The van der Waals surface area contributed by atoms with Crippen LogP contribution in [0.1, 0.15) is 52.9 Å². The molecule has 5 nitrogen and oxygen atoms in total. The maximum absolute atomic E-state index is 14.1. The van der Waals surface area contributed by atoms with E-state index < -0.39 is 0 Å². The van der Waals surface area contributed by atoms with E-state index in [0.29, 0.717) is 36.1 Å². The molecule has 0 spiro atoms. The zero-order chi connectivity index (χ0) is 25.9. The quantitative estimate of drug-likeness (QED) is 0.283. The molecule has 0 saturated carbocycles. The second-order valence-corrected chi connectivity index (χ2v) is 9.73. The first-order valence-electron chi connectivity index (χ1n) is 12.8. The van der Waals surface area contributed by atoms with E-state index in [0.717, 1.165) is 34.1 Å². The first kappa shape index (κ1) is 24.7. The van der Waals surface area contributed by atoms with Crippen LogP contribution in [-0.2, 0) is 6.42 Å². The number of benzene rings is 4. The van der Waals surface area contributed by atoms with Crippen molar-refractivity contribution in [2.45, 2.75) is 32.2 Å². The van der Waals surface area contributed by atoms with Gasteiger partial charge < -0.3 is 19.1 Å². The number of nitrogens with zero attached hydrogens (tertiary/aromatic N) is 1. The van der Waals surface area contributed by atoms with Gasteiger partial charge in [0.1, 0.15) is 12.4 Å². The Balaban J connectivity index is 1.52. The largest absolute Gasteiger partial charge is 0.493 e. The van der Waals surface area contributed by atoms with Gasteiger partial charge in [0.15, 0.2) is 11.5 Å². The molecule has 37 heavy (non-hydrogen) atoms. The van der Waals surface area contributed by atoms with Crippen LogP contribution >= 0.6 is 0 Å². The molecular weight excluding hydrogens is 462 g/mol. The van der Waals surface area contributed by atoms with Crippen LogP contribution in [0, 0.1) is 0 Å². The van der Waals surface area contributed by atoms with Crippen molar-refractivity contribution in [3.8, 4) is 17.2 Å². The molecule has 5 heteroatoms. The summed E-state index contributed by atoms with van der Waals surface area (Å²) >= 11 is 0. The van der Waals surface area contributed by atoms with Gasteiger partial charge in [-0.3, -0.25) is 4.79 Å². The Morgan fingerprint density at radius 1 is 0.919 bits per heavy atom. The number of carbonyl (C=O) groups is 1. The summed E-state index contributed by atoms with van der Waals surface area (Å²) in [4.78, 5) is 16.0. The van der Waals surface area contributed by atoms with E-state index >= 15 is 0 Å². The molecule has 0 N–H and O–H groups in total. The Hall–Kier alpha value is -3.99. The summed E-state index contributed by atoms with van der Waals surface area (Å²) in [6.07, 6.45) is 0.728. The lowest BCUT2D eigenvalue weighted by Gasteiger charge is -2.38. The fourth-order valence-corrected chi connectivity index (χ4v) is 5.14. The van der Waals surface area contributed by atoms with Gasteiger partial charge in [0, 0.05) is 12.1 Å². The monoisotopic (exact) mass is 495 g/mol. The molecule has 190 valence electrons. The number of ether oxygens (including phenoxy) is 3. The van der Waals surface area contributed by atoms with Crippen molar-refractivity contribution in [3.05, 3.63) is 101 Å². The van der Waals surface area contributed by atoms with E-state index in [9.17, 15) is 4.79 Å². The molecule has 1 amide bonds. The predicted molar refractivity (Wildman–Crippen MR) is 147 cm³/mol. The van der Waals surface area contributed by atoms with Crippen LogP contribution in [0.3, 0.4) is 0 Å². The summed E-state index contributed by atoms with van der Waals surface area (Å²) in [5, 5.41) is 2.01. The number of carbonyl (C=O) groups excluding carboxylic acids is 1. The highest BCUT2D eigenvalue weighted by Crippen LogP contribution is 2.39. The Kier molecular flexibility index (Phi) is 7.04. The third-order valence-electron chi connectivity index (χ3n) is 7.24. The highest BCUT2D eigenvalue weighted by molar-refractivity contribution is 6.07. The van der Waals surface area contributed by atoms with Crippen LogP contribution < -0.4 is 14.2 Å². The van der Waals surface area contributed by atoms with E-state index in [1.165, 1.54) is 5.56 Å². The maximum Gasteiger partial charge on any atom is 0.255 e. The second kappa shape index (κ2) is 10.6. The highest BCUT2D eigenvalue weighted by Gasteiger charge is 2.34. The average Bonchev–Trinajstić information content (AvgIpc) is 2.94. The average molecular weight is 496 g/mol. The summed E-state index contributed by atoms with van der Waals surface area (Å²) < 4.78 is 17.5. The SMILES string of the molecule is COc1cc2c(cc1OC)C(COc1ccc(C(C)C)cc1)N(C(=O)c1cccc3ccccc13)CC2. The van der Waals surface area contributed by atoms with Crippen molar-refractivity contribution < 1.29 is 19.0 Å². The summed E-state index contributed by atoms with van der Waals surface area (Å²) in [6.45, 7) is 5.27. The van der Waals surface area contributed by atoms with Crippen molar-refractivity contribution in [1.29, 1.82) is 0 Å². The van der Waals surface area contributed by atoms with Gasteiger partial charge in [-0.2, -0.15) is 0 Å². The van der Waals surface area contributed by atoms with E-state index in [4.69, 9.17) is 14.2 Å². The first-order chi connectivity index (χ1) is 18.0. The lowest BCUT2D eigenvalue weighted by Crippen LogP contribution is -2.42. The molecule has 0 aromatic heterocycles. The van der Waals surface area contributed by atoms with Gasteiger partial charge in [-0.1, -0.05) is 62.4 Å². The molecule has 0 fully saturated rings. The van der Waals surface area contributed by atoms with Crippen LogP contribution in [0.2, 0.25) is 0 Å². The van der Waals surface area contributed by atoms with E-state index in [1.807, 2.05) is 71.6 Å². The minimum absolute atomic E-state index is 0.000917. The standard InChI is InChI=1S/C32H33NO4/c1-21(2)22-12-14-25(15-13-22)37-20-29-28-19-31(36-4)30(35-3)18-24(28)16-17-33(29)32(34)27-11-7-9-23-8-5-6-10-26(23)27/h5-15,18-19,21,29H,16-17,20H2,1-4H3. The smallest absolute Gasteiger partial charge is 0.255 e. The highest BCUT2D eigenvalue weighted by atomic mass is 16.5. The Morgan fingerprint density at radius 3 is 2.35 bits per heavy atom. The molecule has 1 atom stereocenters. The van der Waals surface area contributed by atoms with E-state index in [2.05, 4.69) is 26.0 Å². The number of methoxy groups -OCH3 is 2. The lowest BCUT2D eigenvalue weighted by atomic mass is 9.91. The summed E-state index contributed by atoms with van der Waals surface area (Å²) in [6, 6.07) is 25.9. The summed E-state index contributed by atoms with van der Waals surface area (Å²) in [5.41, 5.74) is 4.13. The summed E-state index contributed by atoms with van der Waals surface area (Å²) in [7, 11) is 3.28. The fraction of sp³-hybridized carbons (Fsp3) is 0.281. The Labute approximate surface area is 218 Å². The Morgan fingerprint density at radius 2 is 1.62 bits per heavy atom. The molecule has 0 radical (unpaired) electrons. The van der Waals surface area contributed by atoms with Gasteiger partial charge in [0.2, 0.25) is 0 Å². The Bertz CT molecular complexity index is 1410. The van der Waals surface area contributed by atoms with Crippen LogP contribution in [0.15, 0.2) is 78.9 Å². The van der Waals surface area contributed by atoms with Crippen molar-refractivity contribution >= 4 is 16.7 Å². The second-order valence-electron chi connectivity index (χ2n) is 9.73. The van der Waals surface area contributed by atoms with E-state index in [-0.39, 0.29) is 11.9 Å². The fourth-order valence-electron chi connectivity index (χ4n) is 5.14. The van der Waals surface area contributed by atoms with Crippen molar-refractivity contribution in [1.82, 2.24) is 4.90 Å². The predicted octanol–water partition coefficient (Wildman–Crippen LogP) is 6.80. The molecule has 5 rings (SSSR count). The topological polar surface area (TPSA) is 48.0 Å². The molecule has 0 aliphatic carbocycles. The van der Waals surface area contributed by atoms with Crippen LogP contribution in [0.4, 0.5) is 0 Å². The molecule has 1 heterocycles. The molecule has 4 aromatic carbocycles. The van der Waals surface area contributed by atoms with Crippen LogP contribution in [0.5, 0.6) is 17.2 Å². The first-order valence-corrected chi connectivity index (χ1v) is 12.8. The van der Waals surface area contributed by atoms with E-state index in [1.54, 1.807) is 14.2 Å². The van der Waals surface area contributed by atoms with Crippen molar-refractivity contribution in [2.75, 3.05) is 27.4 Å². The molecule has 1 aliphatic rings. The number of hydrogen-bond acceptors (Lipinski definition) is 4. The molecule has 1 aliphatic heterocycles. The summed E-state index contributed by atoms with van der Waals surface area (Å²) in [5.74, 6) is 2.58. The van der Waals surface area contributed by atoms with Crippen molar-refractivity contribution in [3.63, 3.8) is 0 Å². The van der Waals surface area contributed by atoms with Gasteiger partial charge in [0.05, 0.1) is 20.3 Å². The normalized spacial score (nSPS) is 14.9. The van der Waals surface area contributed by atoms with Gasteiger partial charge >= 0.3 is 0 Å².